The summed E-state index contributed by atoms with van der Waals surface area (Å²) < 4.78 is 26.2. The number of hydrogen-bond acceptors (Lipinski definition) is 2. The Morgan fingerprint density at radius 2 is 1.80 bits per heavy atom. The molecule has 1 aliphatic rings. The lowest BCUT2D eigenvalue weighted by Gasteiger charge is -2.31. The number of benzene rings is 2. The maximum atomic E-state index is 13.2. The first kappa shape index (κ1) is 17.1. The molecule has 2 aromatic carbocycles. The van der Waals surface area contributed by atoms with E-state index in [1.54, 1.807) is 11.8 Å². The van der Waals surface area contributed by atoms with E-state index in [1.807, 2.05) is 24.3 Å². The van der Waals surface area contributed by atoms with Crippen LogP contribution in [0, 0.1) is 11.6 Å². The van der Waals surface area contributed by atoms with E-state index in [0.29, 0.717) is 13.1 Å². The predicted molar refractivity (Wildman–Crippen MR) is 88.8 cm³/mol. The van der Waals surface area contributed by atoms with Gasteiger partial charge in [0, 0.05) is 18.7 Å². The van der Waals surface area contributed by atoms with Gasteiger partial charge in [-0.25, -0.2) is 8.78 Å². The topological polar surface area (TPSA) is 49.4 Å². The molecule has 0 aliphatic carbocycles. The van der Waals surface area contributed by atoms with Gasteiger partial charge in [0.15, 0.2) is 11.6 Å². The summed E-state index contributed by atoms with van der Waals surface area (Å²) >= 11 is 0. The van der Waals surface area contributed by atoms with Crippen molar-refractivity contribution in [1.29, 1.82) is 0 Å². The van der Waals surface area contributed by atoms with Gasteiger partial charge >= 0.3 is 0 Å². The molecule has 6 heteroatoms. The zero-order chi connectivity index (χ0) is 18.0. The van der Waals surface area contributed by atoms with Gasteiger partial charge < -0.3 is 10.2 Å². The zero-order valence-electron chi connectivity index (χ0n) is 13.8. The first-order valence-electron chi connectivity index (χ1n) is 8.07. The molecular weight excluding hydrogens is 326 g/mol. The van der Waals surface area contributed by atoms with E-state index in [9.17, 15) is 18.4 Å². The maximum absolute atomic E-state index is 13.2. The SMILES string of the molecule is C[C@@H](NC(=O)c1ccc(F)c(F)c1)C(=O)N1CCc2ccccc2C1. The van der Waals surface area contributed by atoms with Gasteiger partial charge in [-0.2, -0.15) is 0 Å². The lowest BCUT2D eigenvalue weighted by Crippen LogP contribution is -2.48. The molecule has 0 radical (unpaired) electrons. The van der Waals surface area contributed by atoms with Gasteiger partial charge in [-0.3, -0.25) is 9.59 Å². The van der Waals surface area contributed by atoms with Crippen molar-refractivity contribution in [2.45, 2.75) is 25.9 Å². The minimum Gasteiger partial charge on any atom is -0.341 e. The summed E-state index contributed by atoms with van der Waals surface area (Å²) in [6.07, 6.45) is 0.770. The molecule has 2 aromatic rings. The molecule has 0 unspecified atom stereocenters. The van der Waals surface area contributed by atoms with Crippen molar-refractivity contribution < 1.29 is 18.4 Å². The molecule has 4 nitrogen and oxygen atoms in total. The highest BCUT2D eigenvalue weighted by atomic mass is 19.2. The highest BCUT2D eigenvalue weighted by Gasteiger charge is 2.26. The van der Waals surface area contributed by atoms with E-state index in [1.165, 1.54) is 11.6 Å². The number of rotatable bonds is 3. The number of carbonyl (C=O) groups excluding carboxylic acids is 2. The van der Waals surface area contributed by atoms with Crippen molar-refractivity contribution in [2.75, 3.05) is 6.54 Å². The Bertz CT molecular complexity index is 823. The largest absolute Gasteiger partial charge is 0.341 e. The Kier molecular flexibility index (Phi) is 4.79. The van der Waals surface area contributed by atoms with Crippen LogP contribution in [-0.4, -0.2) is 29.3 Å². The van der Waals surface area contributed by atoms with Crippen LogP contribution < -0.4 is 5.32 Å². The second-order valence-electron chi connectivity index (χ2n) is 6.10. The van der Waals surface area contributed by atoms with Crippen molar-refractivity contribution in [2.24, 2.45) is 0 Å². The number of nitrogens with one attached hydrogen (secondary N) is 1. The molecule has 3 rings (SSSR count). The second-order valence-corrected chi connectivity index (χ2v) is 6.10. The van der Waals surface area contributed by atoms with Gasteiger partial charge in [-0.1, -0.05) is 24.3 Å². The van der Waals surface area contributed by atoms with E-state index in [0.717, 1.165) is 24.1 Å². The molecule has 0 aromatic heterocycles. The number of hydrogen-bond donors (Lipinski definition) is 1. The number of amides is 2. The monoisotopic (exact) mass is 344 g/mol. The summed E-state index contributed by atoms with van der Waals surface area (Å²) in [4.78, 5) is 26.4. The van der Waals surface area contributed by atoms with Crippen LogP contribution >= 0.6 is 0 Å². The molecule has 0 saturated carbocycles. The van der Waals surface area contributed by atoms with Crippen LogP contribution in [0.15, 0.2) is 42.5 Å². The summed E-state index contributed by atoms with van der Waals surface area (Å²) in [7, 11) is 0. The third-order valence-electron chi connectivity index (χ3n) is 4.34. The van der Waals surface area contributed by atoms with Crippen LogP contribution in [-0.2, 0) is 17.8 Å². The summed E-state index contributed by atoms with van der Waals surface area (Å²) in [6.45, 7) is 2.67. The smallest absolute Gasteiger partial charge is 0.252 e. The van der Waals surface area contributed by atoms with Crippen molar-refractivity contribution in [3.05, 3.63) is 70.8 Å². The Balaban J connectivity index is 1.65. The molecule has 1 heterocycles. The Hall–Kier alpha value is -2.76. The minimum atomic E-state index is -1.10. The Morgan fingerprint density at radius 3 is 2.52 bits per heavy atom. The molecule has 1 N–H and O–H groups in total. The number of nitrogens with zero attached hydrogens (tertiary/aromatic N) is 1. The molecule has 130 valence electrons. The van der Waals surface area contributed by atoms with Crippen LogP contribution in [0.3, 0.4) is 0 Å². The molecular formula is C19H18F2N2O2. The molecule has 0 fully saturated rings. The predicted octanol–water partition coefficient (Wildman–Crippen LogP) is 2.67. The summed E-state index contributed by atoms with van der Waals surface area (Å²) in [5.41, 5.74) is 2.30. The van der Waals surface area contributed by atoms with E-state index in [4.69, 9.17) is 0 Å². The zero-order valence-corrected chi connectivity index (χ0v) is 13.8. The molecule has 0 spiro atoms. The average molecular weight is 344 g/mol. The highest BCUT2D eigenvalue weighted by Crippen LogP contribution is 2.19. The molecule has 1 atom stereocenters. The molecule has 0 bridgehead atoms. The highest BCUT2D eigenvalue weighted by molar-refractivity contribution is 5.97. The lowest BCUT2D eigenvalue weighted by molar-refractivity contribution is -0.133. The second kappa shape index (κ2) is 7.01. The Labute approximate surface area is 144 Å². The molecule has 25 heavy (non-hydrogen) atoms. The van der Waals surface area contributed by atoms with E-state index < -0.39 is 23.6 Å². The summed E-state index contributed by atoms with van der Waals surface area (Å²) in [5.74, 6) is -2.94. The minimum absolute atomic E-state index is 0.0254. The maximum Gasteiger partial charge on any atom is 0.252 e. The normalized spacial score (nSPS) is 14.6. The van der Waals surface area contributed by atoms with Gasteiger partial charge in [-0.15, -0.1) is 0 Å². The van der Waals surface area contributed by atoms with Gasteiger partial charge in [0.25, 0.3) is 5.91 Å². The quantitative estimate of drug-likeness (QED) is 0.931. The number of fused-ring (bicyclic) bond motifs is 1. The van der Waals surface area contributed by atoms with Crippen LogP contribution in [0.4, 0.5) is 8.78 Å². The fourth-order valence-electron chi connectivity index (χ4n) is 2.94. The number of halogens is 2. The standard InChI is InChI=1S/C19H18F2N2O2/c1-12(22-18(24)14-6-7-16(20)17(21)10-14)19(25)23-9-8-13-4-2-3-5-15(13)11-23/h2-7,10,12H,8-9,11H2,1H3,(H,22,24)/t12-/m1/s1. The first-order chi connectivity index (χ1) is 12.0. The van der Waals surface area contributed by atoms with Crippen molar-refractivity contribution in [1.82, 2.24) is 10.2 Å². The summed E-state index contributed by atoms with van der Waals surface area (Å²) in [6, 6.07) is 10.1. The molecule has 0 saturated heterocycles. The van der Waals surface area contributed by atoms with Crippen LogP contribution in [0.2, 0.25) is 0 Å². The molecule has 2 amide bonds. The third-order valence-corrected chi connectivity index (χ3v) is 4.34. The van der Waals surface area contributed by atoms with Crippen LogP contribution in [0.5, 0.6) is 0 Å². The fraction of sp³-hybridized carbons (Fsp3) is 0.263. The third kappa shape index (κ3) is 3.68. The van der Waals surface area contributed by atoms with Crippen molar-refractivity contribution in [3.8, 4) is 0 Å². The van der Waals surface area contributed by atoms with Gasteiger partial charge in [0.2, 0.25) is 5.91 Å². The molecule has 1 aliphatic heterocycles. The van der Waals surface area contributed by atoms with Gasteiger partial charge in [0.05, 0.1) is 0 Å². The van der Waals surface area contributed by atoms with E-state index in [2.05, 4.69) is 5.32 Å². The van der Waals surface area contributed by atoms with Crippen molar-refractivity contribution in [3.63, 3.8) is 0 Å². The lowest BCUT2D eigenvalue weighted by atomic mass is 9.99. The van der Waals surface area contributed by atoms with Gasteiger partial charge in [0.1, 0.15) is 6.04 Å². The van der Waals surface area contributed by atoms with E-state index in [-0.39, 0.29) is 11.5 Å². The summed E-state index contributed by atoms with van der Waals surface area (Å²) in [5, 5.41) is 2.54. The Morgan fingerprint density at radius 1 is 1.08 bits per heavy atom. The average Bonchev–Trinajstić information content (AvgIpc) is 2.62. The van der Waals surface area contributed by atoms with Crippen LogP contribution in [0.1, 0.15) is 28.4 Å². The van der Waals surface area contributed by atoms with E-state index >= 15 is 0 Å². The van der Waals surface area contributed by atoms with Gasteiger partial charge in [-0.05, 0) is 42.7 Å². The fourth-order valence-corrected chi connectivity index (χ4v) is 2.94. The van der Waals surface area contributed by atoms with Crippen LogP contribution in [0.25, 0.3) is 0 Å². The first-order valence-corrected chi connectivity index (χ1v) is 8.07. The number of carbonyl (C=O) groups is 2. The van der Waals surface area contributed by atoms with Crippen molar-refractivity contribution >= 4 is 11.8 Å².